The van der Waals surface area contributed by atoms with Gasteiger partial charge in [0, 0.05) is 5.69 Å². The summed E-state index contributed by atoms with van der Waals surface area (Å²) in [7, 11) is -1.24. The normalized spacial score (nSPS) is 11.0. The van der Waals surface area contributed by atoms with Gasteiger partial charge in [-0.25, -0.2) is 18.2 Å². The van der Waals surface area contributed by atoms with Gasteiger partial charge in [-0.15, -0.1) is 11.3 Å². The first kappa shape index (κ1) is 15.3. The number of aromatic nitrogens is 1. The molecule has 2 rings (SSSR count). The molecule has 1 N–H and O–H groups in total. The van der Waals surface area contributed by atoms with E-state index in [1.54, 1.807) is 24.3 Å². The second-order valence-electron chi connectivity index (χ2n) is 3.81. The van der Waals surface area contributed by atoms with Crippen LogP contribution in [0.15, 0.2) is 34.0 Å². The number of methoxy groups -OCH3 is 2. The summed E-state index contributed by atoms with van der Waals surface area (Å²) in [6.07, 6.45) is 0. The molecule has 0 spiro atoms. The van der Waals surface area contributed by atoms with E-state index >= 15 is 0 Å². The molecule has 0 saturated heterocycles. The average Bonchev–Trinajstić information content (AvgIpc) is 2.97. The Kier molecular flexibility index (Phi) is 4.43. The number of esters is 1. The highest BCUT2D eigenvalue weighted by molar-refractivity contribution is 7.94. The minimum Gasteiger partial charge on any atom is -0.497 e. The Bertz CT molecular complexity index is 737. The molecule has 9 heteroatoms. The third-order valence-corrected chi connectivity index (χ3v) is 5.25. The summed E-state index contributed by atoms with van der Waals surface area (Å²) in [6, 6.07) is 6.34. The summed E-state index contributed by atoms with van der Waals surface area (Å²) in [6.45, 7) is 0. The van der Waals surface area contributed by atoms with Gasteiger partial charge in [0.05, 0.1) is 19.7 Å². The van der Waals surface area contributed by atoms with Crippen LogP contribution in [-0.4, -0.2) is 33.6 Å². The molecule has 0 saturated carbocycles. The zero-order valence-electron chi connectivity index (χ0n) is 11.2. The SMILES string of the molecule is COC(=O)c1ncsc1S(=O)(=O)Nc1ccc(OC)cc1. The van der Waals surface area contributed by atoms with Gasteiger partial charge in [-0.3, -0.25) is 4.72 Å². The van der Waals surface area contributed by atoms with Crippen LogP contribution >= 0.6 is 11.3 Å². The van der Waals surface area contributed by atoms with Gasteiger partial charge in [-0.05, 0) is 24.3 Å². The highest BCUT2D eigenvalue weighted by Gasteiger charge is 2.26. The molecule has 21 heavy (non-hydrogen) atoms. The first-order chi connectivity index (χ1) is 9.97. The van der Waals surface area contributed by atoms with Crippen LogP contribution in [0.1, 0.15) is 10.5 Å². The number of carbonyl (C=O) groups is 1. The minimum absolute atomic E-state index is 0.190. The lowest BCUT2D eigenvalue weighted by Crippen LogP contribution is -2.16. The second kappa shape index (κ2) is 6.10. The summed E-state index contributed by atoms with van der Waals surface area (Å²) >= 11 is 0.840. The molecular weight excluding hydrogens is 316 g/mol. The Hall–Kier alpha value is -2.13. The summed E-state index contributed by atoms with van der Waals surface area (Å²) < 4.78 is 36.2. The van der Waals surface area contributed by atoms with Gasteiger partial charge in [0.25, 0.3) is 10.0 Å². The molecule has 1 heterocycles. The monoisotopic (exact) mass is 328 g/mol. The Morgan fingerprint density at radius 3 is 2.48 bits per heavy atom. The van der Waals surface area contributed by atoms with Crippen molar-refractivity contribution in [2.24, 2.45) is 0 Å². The summed E-state index contributed by atoms with van der Waals surface area (Å²) in [4.78, 5) is 15.2. The molecule has 2 aromatic rings. The van der Waals surface area contributed by atoms with Crippen LogP contribution in [0.4, 0.5) is 5.69 Å². The number of carbonyl (C=O) groups excluding carboxylic acids is 1. The number of anilines is 1. The molecule has 0 bridgehead atoms. The van der Waals surface area contributed by atoms with Crippen LogP contribution in [0.25, 0.3) is 0 Å². The third kappa shape index (κ3) is 3.31. The van der Waals surface area contributed by atoms with Crippen molar-refractivity contribution in [3.8, 4) is 5.75 Å². The summed E-state index contributed by atoms with van der Waals surface area (Å²) in [5.41, 5.74) is 1.39. The first-order valence-electron chi connectivity index (χ1n) is 5.66. The van der Waals surface area contributed by atoms with Crippen molar-refractivity contribution in [3.63, 3.8) is 0 Å². The molecule has 0 fully saturated rings. The highest BCUT2D eigenvalue weighted by Crippen LogP contribution is 2.24. The predicted molar refractivity (Wildman–Crippen MR) is 77.3 cm³/mol. The van der Waals surface area contributed by atoms with E-state index in [1.807, 2.05) is 0 Å². The molecule has 0 radical (unpaired) electrons. The molecule has 0 aliphatic rings. The van der Waals surface area contributed by atoms with E-state index in [2.05, 4.69) is 14.4 Å². The maximum atomic E-state index is 12.3. The molecule has 1 aromatic heterocycles. The Labute approximate surface area is 125 Å². The number of hydrogen-bond acceptors (Lipinski definition) is 7. The van der Waals surface area contributed by atoms with Crippen LogP contribution in [0.2, 0.25) is 0 Å². The lowest BCUT2D eigenvalue weighted by Gasteiger charge is -2.08. The van der Waals surface area contributed by atoms with Crippen molar-refractivity contribution < 1.29 is 22.7 Å². The molecule has 1 aromatic carbocycles. The number of benzene rings is 1. The summed E-state index contributed by atoms with van der Waals surface area (Å²) in [5.74, 6) is -0.197. The Morgan fingerprint density at radius 2 is 1.90 bits per heavy atom. The quantitative estimate of drug-likeness (QED) is 0.840. The van der Waals surface area contributed by atoms with E-state index in [-0.39, 0.29) is 9.90 Å². The van der Waals surface area contributed by atoms with Gasteiger partial charge in [-0.2, -0.15) is 0 Å². The number of ether oxygens (including phenoxy) is 2. The summed E-state index contributed by atoms with van der Waals surface area (Å²) in [5, 5.41) is 0. The number of hydrogen-bond donors (Lipinski definition) is 1. The van der Waals surface area contributed by atoms with Gasteiger partial charge in [0.1, 0.15) is 5.75 Å². The lowest BCUT2D eigenvalue weighted by atomic mass is 10.3. The minimum atomic E-state index is -3.91. The fraction of sp³-hybridized carbons (Fsp3) is 0.167. The van der Waals surface area contributed by atoms with E-state index in [4.69, 9.17) is 4.74 Å². The number of sulfonamides is 1. The van der Waals surface area contributed by atoms with Crippen molar-refractivity contribution in [1.29, 1.82) is 0 Å². The van der Waals surface area contributed by atoms with Crippen LogP contribution in [-0.2, 0) is 14.8 Å². The maximum absolute atomic E-state index is 12.3. The molecule has 0 unspecified atom stereocenters. The van der Waals surface area contributed by atoms with E-state index in [9.17, 15) is 13.2 Å². The van der Waals surface area contributed by atoms with E-state index in [1.165, 1.54) is 12.6 Å². The zero-order valence-corrected chi connectivity index (χ0v) is 12.8. The number of rotatable bonds is 5. The van der Waals surface area contributed by atoms with E-state index < -0.39 is 16.0 Å². The predicted octanol–water partition coefficient (Wildman–Crippen LogP) is 1.74. The number of thiazole rings is 1. The van der Waals surface area contributed by atoms with Crippen molar-refractivity contribution in [2.75, 3.05) is 18.9 Å². The van der Waals surface area contributed by atoms with Gasteiger partial charge in [-0.1, -0.05) is 0 Å². The fourth-order valence-corrected chi connectivity index (χ4v) is 3.71. The lowest BCUT2D eigenvalue weighted by molar-refractivity contribution is 0.0590. The average molecular weight is 328 g/mol. The van der Waals surface area contributed by atoms with Crippen LogP contribution in [0.5, 0.6) is 5.75 Å². The largest absolute Gasteiger partial charge is 0.497 e. The molecule has 0 aliphatic carbocycles. The van der Waals surface area contributed by atoms with E-state index in [0.29, 0.717) is 11.4 Å². The molecule has 0 aliphatic heterocycles. The third-order valence-electron chi connectivity index (χ3n) is 2.50. The first-order valence-corrected chi connectivity index (χ1v) is 8.03. The second-order valence-corrected chi connectivity index (χ2v) is 6.55. The van der Waals surface area contributed by atoms with Crippen molar-refractivity contribution in [3.05, 3.63) is 35.5 Å². The van der Waals surface area contributed by atoms with Crippen molar-refractivity contribution in [2.45, 2.75) is 4.21 Å². The van der Waals surface area contributed by atoms with Crippen LogP contribution < -0.4 is 9.46 Å². The number of nitrogens with one attached hydrogen (secondary N) is 1. The van der Waals surface area contributed by atoms with Crippen LogP contribution in [0, 0.1) is 0 Å². The zero-order chi connectivity index (χ0) is 15.5. The van der Waals surface area contributed by atoms with Gasteiger partial charge in [0.2, 0.25) is 0 Å². The highest BCUT2D eigenvalue weighted by atomic mass is 32.2. The maximum Gasteiger partial charge on any atom is 0.358 e. The number of nitrogens with zero attached hydrogens (tertiary/aromatic N) is 1. The van der Waals surface area contributed by atoms with Gasteiger partial charge in [0.15, 0.2) is 9.90 Å². The molecular formula is C12H12N2O5S2. The Balaban J connectivity index is 2.30. The topological polar surface area (TPSA) is 94.6 Å². The van der Waals surface area contributed by atoms with Gasteiger partial charge < -0.3 is 9.47 Å². The van der Waals surface area contributed by atoms with Crippen LogP contribution in [0.3, 0.4) is 0 Å². The van der Waals surface area contributed by atoms with Crippen molar-refractivity contribution in [1.82, 2.24) is 4.98 Å². The van der Waals surface area contributed by atoms with Gasteiger partial charge >= 0.3 is 5.97 Å². The Morgan fingerprint density at radius 1 is 1.24 bits per heavy atom. The van der Waals surface area contributed by atoms with Crippen molar-refractivity contribution >= 4 is 33.0 Å². The molecule has 112 valence electrons. The molecule has 0 atom stereocenters. The van der Waals surface area contributed by atoms with E-state index in [0.717, 1.165) is 18.4 Å². The fourth-order valence-electron chi connectivity index (χ4n) is 1.52. The molecule has 7 nitrogen and oxygen atoms in total. The standard InChI is InChI=1S/C12H12N2O5S2/c1-18-9-5-3-8(4-6-9)14-21(16,17)12-10(11(15)19-2)13-7-20-12/h3-7,14H,1-2H3. The smallest absolute Gasteiger partial charge is 0.358 e. The molecule has 0 amide bonds.